The van der Waals surface area contributed by atoms with Gasteiger partial charge in [0.1, 0.15) is 5.82 Å². The Hall–Kier alpha value is -1.63. The minimum absolute atomic E-state index is 0.266. The lowest BCUT2D eigenvalue weighted by Gasteiger charge is -2.27. The van der Waals surface area contributed by atoms with Crippen molar-refractivity contribution in [1.82, 2.24) is 4.90 Å². The average molecular weight is 306 g/mol. The van der Waals surface area contributed by atoms with Gasteiger partial charge in [0.25, 0.3) is 5.91 Å². The summed E-state index contributed by atoms with van der Waals surface area (Å²) >= 11 is 0. The fourth-order valence-electron chi connectivity index (χ4n) is 1.93. The Bertz CT molecular complexity index is 500. The second-order valence-corrected chi connectivity index (χ2v) is 4.90. The van der Waals surface area contributed by atoms with Gasteiger partial charge in [-0.2, -0.15) is 13.2 Å². The predicted octanol–water partition coefficient (Wildman–Crippen LogP) is 3.04. The first-order valence-corrected chi connectivity index (χ1v) is 6.57. The van der Waals surface area contributed by atoms with Crippen molar-refractivity contribution < 1.29 is 22.4 Å². The number of nitrogens with two attached hydrogens (primary N) is 1. The van der Waals surface area contributed by atoms with E-state index < -0.39 is 29.0 Å². The van der Waals surface area contributed by atoms with Gasteiger partial charge in [0.15, 0.2) is 0 Å². The number of benzene rings is 1. The molecule has 0 aromatic heterocycles. The highest BCUT2D eigenvalue weighted by Crippen LogP contribution is 2.32. The Morgan fingerprint density at radius 1 is 1.33 bits per heavy atom. The second kappa shape index (κ2) is 6.89. The normalized spacial score (nSPS) is 11.8. The summed E-state index contributed by atoms with van der Waals surface area (Å²) in [6.07, 6.45) is -4.34. The number of hydrogen-bond donors (Lipinski definition) is 1. The molecule has 118 valence electrons. The van der Waals surface area contributed by atoms with Gasteiger partial charge >= 0.3 is 6.18 Å². The van der Waals surface area contributed by atoms with E-state index in [0.717, 1.165) is 12.1 Å². The molecule has 0 heterocycles. The minimum atomic E-state index is -4.83. The maximum atomic E-state index is 14.0. The van der Waals surface area contributed by atoms with Gasteiger partial charge < -0.3 is 10.6 Å². The van der Waals surface area contributed by atoms with Gasteiger partial charge in [-0.3, -0.25) is 4.79 Å². The topological polar surface area (TPSA) is 46.3 Å². The summed E-state index contributed by atoms with van der Waals surface area (Å²) in [6, 6.07) is 2.44. The van der Waals surface area contributed by atoms with E-state index in [0.29, 0.717) is 19.0 Å². The molecule has 1 amide bonds. The zero-order valence-corrected chi connectivity index (χ0v) is 11.9. The summed E-state index contributed by atoms with van der Waals surface area (Å²) in [7, 11) is 0. The van der Waals surface area contributed by atoms with Crippen LogP contribution in [0.5, 0.6) is 0 Å². The van der Waals surface area contributed by atoms with Crippen LogP contribution in [0.4, 0.5) is 17.6 Å². The van der Waals surface area contributed by atoms with E-state index in [9.17, 15) is 22.4 Å². The Morgan fingerprint density at radius 2 is 1.95 bits per heavy atom. The quantitative estimate of drug-likeness (QED) is 0.850. The molecule has 0 bridgehead atoms. The van der Waals surface area contributed by atoms with Crippen LogP contribution >= 0.6 is 0 Å². The molecule has 2 N–H and O–H groups in total. The Labute approximate surface area is 120 Å². The van der Waals surface area contributed by atoms with Gasteiger partial charge in [0.2, 0.25) is 0 Å². The molecule has 0 spiro atoms. The fraction of sp³-hybridized carbons (Fsp3) is 0.500. The Morgan fingerprint density at radius 3 is 2.43 bits per heavy atom. The highest BCUT2D eigenvalue weighted by atomic mass is 19.4. The molecular weight excluding hydrogens is 288 g/mol. The van der Waals surface area contributed by atoms with E-state index in [-0.39, 0.29) is 12.6 Å². The molecule has 1 rings (SSSR count). The zero-order chi connectivity index (χ0) is 16.2. The minimum Gasteiger partial charge on any atom is -0.336 e. The molecule has 0 fully saturated rings. The third kappa shape index (κ3) is 4.17. The van der Waals surface area contributed by atoms with E-state index in [4.69, 9.17) is 5.73 Å². The molecule has 0 saturated heterocycles. The first-order chi connectivity index (χ1) is 9.70. The third-order valence-electron chi connectivity index (χ3n) is 3.02. The van der Waals surface area contributed by atoms with Crippen LogP contribution < -0.4 is 5.73 Å². The number of alkyl halides is 3. The number of rotatable bonds is 5. The summed E-state index contributed by atoms with van der Waals surface area (Å²) in [6.45, 7) is 4.02. The number of carbonyl (C=O) groups is 1. The van der Waals surface area contributed by atoms with E-state index in [2.05, 4.69) is 0 Å². The van der Waals surface area contributed by atoms with Crippen molar-refractivity contribution in [2.75, 3.05) is 13.1 Å². The smallest absolute Gasteiger partial charge is 0.336 e. The number of carbonyl (C=O) groups excluding carboxylic acids is 1. The fourth-order valence-corrected chi connectivity index (χ4v) is 1.93. The standard InChI is InChI=1S/C14H18F4N2O/c1-9(2)20(8-4-7-19)13(21)10-5-3-6-11(12(10)15)14(16,17)18/h3,5-6,9H,4,7-8,19H2,1-2H3. The molecule has 7 heteroatoms. The average Bonchev–Trinajstić information content (AvgIpc) is 2.37. The lowest BCUT2D eigenvalue weighted by Crippen LogP contribution is -2.39. The molecule has 3 nitrogen and oxygen atoms in total. The SMILES string of the molecule is CC(C)N(CCCN)C(=O)c1cccc(C(F)(F)F)c1F. The maximum Gasteiger partial charge on any atom is 0.419 e. The summed E-state index contributed by atoms with van der Waals surface area (Å²) in [5.74, 6) is -2.30. The van der Waals surface area contributed by atoms with E-state index in [1.807, 2.05) is 0 Å². The molecule has 0 aliphatic carbocycles. The van der Waals surface area contributed by atoms with Crippen LogP contribution in [0.2, 0.25) is 0 Å². The molecule has 0 aliphatic heterocycles. The van der Waals surface area contributed by atoms with Gasteiger partial charge in [-0.25, -0.2) is 4.39 Å². The van der Waals surface area contributed by atoms with E-state index in [1.54, 1.807) is 13.8 Å². The van der Waals surface area contributed by atoms with Crippen molar-refractivity contribution in [3.8, 4) is 0 Å². The summed E-state index contributed by atoms with van der Waals surface area (Å²) in [5, 5.41) is 0. The Balaban J connectivity index is 3.17. The van der Waals surface area contributed by atoms with Crippen LogP contribution in [0.25, 0.3) is 0 Å². The molecule has 0 atom stereocenters. The first kappa shape index (κ1) is 17.4. The molecule has 0 saturated carbocycles. The monoisotopic (exact) mass is 306 g/mol. The van der Waals surface area contributed by atoms with E-state index >= 15 is 0 Å². The molecule has 21 heavy (non-hydrogen) atoms. The second-order valence-electron chi connectivity index (χ2n) is 4.90. The zero-order valence-electron chi connectivity index (χ0n) is 11.9. The molecule has 0 radical (unpaired) electrons. The van der Waals surface area contributed by atoms with E-state index in [1.165, 1.54) is 4.90 Å². The summed E-state index contributed by atoms with van der Waals surface area (Å²) < 4.78 is 52.0. The van der Waals surface area contributed by atoms with Crippen molar-refractivity contribution in [2.24, 2.45) is 5.73 Å². The largest absolute Gasteiger partial charge is 0.419 e. The number of hydrogen-bond acceptors (Lipinski definition) is 2. The van der Waals surface area contributed by atoms with Gasteiger partial charge in [0, 0.05) is 12.6 Å². The number of halogens is 4. The van der Waals surface area contributed by atoms with Gasteiger partial charge in [-0.05, 0) is 38.9 Å². The highest BCUT2D eigenvalue weighted by molar-refractivity contribution is 5.95. The third-order valence-corrected chi connectivity index (χ3v) is 3.02. The van der Waals surface area contributed by atoms with Crippen LogP contribution in [0.3, 0.4) is 0 Å². The van der Waals surface area contributed by atoms with Crippen LogP contribution in [-0.4, -0.2) is 29.9 Å². The van der Waals surface area contributed by atoms with Crippen LogP contribution in [0, 0.1) is 5.82 Å². The van der Waals surface area contributed by atoms with Crippen LogP contribution in [-0.2, 0) is 6.18 Å². The first-order valence-electron chi connectivity index (χ1n) is 6.57. The van der Waals surface area contributed by atoms with Crippen molar-refractivity contribution in [2.45, 2.75) is 32.5 Å². The molecular formula is C14H18F4N2O. The number of amides is 1. The number of nitrogens with zero attached hydrogens (tertiary/aromatic N) is 1. The van der Waals surface area contributed by atoms with Crippen molar-refractivity contribution >= 4 is 5.91 Å². The summed E-state index contributed by atoms with van der Waals surface area (Å²) in [4.78, 5) is 13.6. The van der Waals surface area contributed by atoms with Crippen molar-refractivity contribution in [1.29, 1.82) is 0 Å². The molecule has 1 aromatic rings. The van der Waals surface area contributed by atoms with Gasteiger partial charge in [-0.15, -0.1) is 0 Å². The molecule has 1 aromatic carbocycles. The van der Waals surface area contributed by atoms with Crippen LogP contribution in [0.15, 0.2) is 18.2 Å². The van der Waals surface area contributed by atoms with Gasteiger partial charge in [0.05, 0.1) is 11.1 Å². The summed E-state index contributed by atoms with van der Waals surface area (Å²) in [5.41, 5.74) is 3.36. The Kier molecular flexibility index (Phi) is 5.71. The lowest BCUT2D eigenvalue weighted by atomic mass is 10.1. The predicted molar refractivity (Wildman–Crippen MR) is 71.2 cm³/mol. The van der Waals surface area contributed by atoms with Crippen molar-refractivity contribution in [3.63, 3.8) is 0 Å². The van der Waals surface area contributed by atoms with Gasteiger partial charge in [-0.1, -0.05) is 6.07 Å². The maximum absolute atomic E-state index is 14.0. The lowest BCUT2D eigenvalue weighted by molar-refractivity contribution is -0.140. The highest BCUT2D eigenvalue weighted by Gasteiger charge is 2.36. The van der Waals surface area contributed by atoms with Crippen LogP contribution in [0.1, 0.15) is 36.2 Å². The molecule has 0 unspecified atom stereocenters. The van der Waals surface area contributed by atoms with Crippen molar-refractivity contribution in [3.05, 3.63) is 35.1 Å². The molecule has 0 aliphatic rings.